The Morgan fingerprint density at radius 1 is 0.815 bits per heavy atom. The Kier molecular flexibility index (Phi) is 6.22. The van der Waals surface area contributed by atoms with E-state index in [1.54, 1.807) is 41.2 Å². The van der Waals surface area contributed by atoms with Gasteiger partial charge in [0.05, 0.1) is 20.1 Å². The molecule has 1 aromatic heterocycles. The number of carbonyl (C=O) groups is 2. The number of carbonyl (C=O) groups excluding carboxylic acids is 2. The number of aromatic amines is 1. The Balaban J connectivity index is 1.75. The minimum atomic E-state index is -0.151. The van der Waals surface area contributed by atoms with Gasteiger partial charge in [0.15, 0.2) is 12.3 Å². The van der Waals surface area contributed by atoms with Crippen LogP contribution in [0.2, 0.25) is 20.1 Å². The quantitative estimate of drug-likeness (QED) is 0.420. The predicted molar refractivity (Wildman–Crippen MR) is 106 cm³/mol. The van der Waals surface area contributed by atoms with Crippen molar-refractivity contribution in [3.63, 3.8) is 0 Å². The number of ketones is 2. The van der Waals surface area contributed by atoms with E-state index in [4.69, 9.17) is 46.4 Å². The third-order valence-corrected chi connectivity index (χ3v) is 5.45. The Hall–Kier alpha value is -1.85. The molecule has 0 saturated carbocycles. The first kappa shape index (κ1) is 19.9. The second kappa shape index (κ2) is 8.44. The molecule has 8 heteroatoms. The number of H-pyrrole nitrogens is 1. The number of aromatic nitrogens is 2. The van der Waals surface area contributed by atoms with E-state index in [2.05, 4.69) is 4.98 Å². The molecule has 0 saturated heterocycles. The highest BCUT2D eigenvalue weighted by Crippen LogP contribution is 2.24. The molecule has 1 N–H and O–H groups in total. The van der Waals surface area contributed by atoms with Gasteiger partial charge in [-0.15, -0.1) is 0 Å². The van der Waals surface area contributed by atoms with Crippen LogP contribution in [0.4, 0.5) is 0 Å². The van der Waals surface area contributed by atoms with Crippen LogP contribution >= 0.6 is 46.4 Å². The standard InChI is InChI=1S/C19H12Cl4N2O2/c20-13-3-1-11(7-15(13)22)17(26)9-19-24-5-6-25(19)10-18(27)12-2-4-14(21)16(23)8-12/h1-8H,9-10H2/p+1. The van der Waals surface area contributed by atoms with Crippen molar-refractivity contribution < 1.29 is 14.2 Å². The molecule has 3 rings (SSSR count). The molecule has 0 aliphatic rings. The zero-order valence-corrected chi connectivity index (χ0v) is 16.8. The van der Waals surface area contributed by atoms with Gasteiger partial charge < -0.3 is 0 Å². The van der Waals surface area contributed by atoms with Crippen molar-refractivity contribution in [1.82, 2.24) is 4.98 Å². The fourth-order valence-corrected chi connectivity index (χ4v) is 3.13. The fourth-order valence-electron chi connectivity index (χ4n) is 2.54. The third kappa shape index (κ3) is 4.71. The van der Waals surface area contributed by atoms with Crippen molar-refractivity contribution in [2.45, 2.75) is 13.0 Å². The number of rotatable bonds is 6. The number of hydrogen-bond donors (Lipinski definition) is 1. The van der Waals surface area contributed by atoms with E-state index in [0.29, 0.717) is 37.0 Å². The summed E-state index contributed by atoms with van der Waals surface area (Å²) in [5.41, 5.74) is 0.890. The molecule has 4 nitrogen and oxygen atoms in total. The van der Waals surface area contributed by atoms with Crippen molar-refractivity contribution >= 4 is 58.0 Å². The van der Waals surface area contributed by atoms with E-state index in [9.17, 15) is 9.59 Å². The summed E-state index contributed by atoms with van der Waals surface area (Å²) in [7, 11) is 0. The molecule has 2 aromatic carbocycles. The Bertz CT molecular complexity index is 950. The van der Waals surface area contributed by atoms with Crippen LogP contribution < -0.4 is 4.57 Å². The summed E-state index contributed by atoms with van der Waals surface area (Å²) in [5.74, 6) is 0.299. The molecular formula is C19H13Cl4N2O2+. The second-order valence-corrected chi connectivity index (χ2v) is 7.44. The molecule has 0 spiro atoms. The summed E-state index contributed by atoms with van der Waals surface area (Å²) in [6.07, 6.45) is 3.45. The van der Waals surface area contributed by atoms with Gasteiger partial charge in [-0.25, -0.2) is 9.55 Å². The predicted octanol–water partition coefficient (Wildman–Crippen LogP) is 5.22. The normalized spacial score (nSPS) is 10.8. The van der Waals surface area contributed by atoms with Crippen molar-refractivity contribution in [2.24, 2.45) is 0 Å². The van der Waals surface area contributed by atoms with Crippen LogP contribution in [-0.4, -0.2) is 16.6 Å². The van der Waals surface area contributed by atoms with Crippen LogP contribution in [0.1, 0.15) is 26.5 Å². The molecule has 0 fully saturated rings. The van der Waals surface area contributed by atoms with Gasteiger partial charge in [0.2, 0.25) is 5.78 Å². The molecule has 27 heavy (non-hydrogen) atoms. The molecule has 138 valence electrons. The summed E-state index contributed by atoms with van der Waals surface area (Å²) < 4.78 is 1.68. The van der Waals surface area contributed by atoms with Crippen molar-refractivity contribution in [1.29, 1.82) is 0 Å². The number of nitrogens with one attached hydrogen (secondary N) is 1. The Labute approximate surface area is 175 Å². The molecule has 0 aliphatic carbocycles. The minimum absolute atomic E-state index is 0.0610. The number of benzene rings is 2. The first-order valence-electron chi connectivity index (χ1n) is 7.87. The van der Waals surface area contributed by atoms with Gasteiger partial charge in [-0.1, -0.05) is 46.4 Å². The van der Waals surface area contributed by atoms with Gasteiger partial charge in [0.1, 0.15) is 18.8 Å². The summed E-state index contributed by atoms with van der Waals surface area (Å²) in [6, 6.07) is 9.44. The maximum atomic E-state index is 12.5. The number of hydrogen-bond acceptors (Lipinski definition) is 2. The van der Waals surface area contributed by atoms with Gasteiger partial charge in [-0.3, -0.25) is 9.59 Å². The first-order chi connectivity index (χ1) is 12.8. The summed E-state index contributed by atoms with van der Waals surface area (Å²) in [4.78, 5) is 28.0. The van der Waals surface area contributed by atoms with E-state index in [1.807, 2.05) is 0 Å². The Morgan fingerprint density at radius 3 is 1.93 bits per heavy atom. The lowest BCUT2D eigenvalue weighted by molar-refractivity contribution is -0.688. The molecule has 0 bridgehead atoms. The van der Waals surface area contributed by atoms with E-state index in [-0.39, 0.29) is 24.5 Å². The largest absolute Gasteiger partial charge is 0.293 e. The van der Waals surface area contributed by atoms with Crippen molar-refractivity contribution in [2.75, 3.05) is 0 Å². The molecule has 0 amide bonds. The van der Waals surface area contributed by atoms with Crippen molar-refractivity contribution in [3.8, 4) is 0 Å². The van der Waals surface area contributed by atoms with Crippen LogP contribution in [-0.2, 0) is 13.0 Å². The number of imidazole rings is 1. The van der Waals surface area contributed by atoms with Crippen LogP contribution in [0.15, 0.2) is 48.8 Å². The topological polar surface area (TPSA) is 53.8 Å². The lowest BCUT2D eigenvalue weighted by atomic mass is 10.1. The molecular weight excluding hydrogens is 430 g/mol. The Morgan fingerprint density at radius 2 is 1.37 bits per heavy atom. The lowest BCUT2D eigenvalue weighted by Gasteiger charge is -2.04. The van der Waals surface area contributed by atoms with E-state index in [1.165, 1.54) is 12.1 Å². The maximum absolute atomic E-state index is 12.5. The highest BCUT2D eigenvalue weighted by Gasteiger charge is 2.20. The molecule has 1 heterocycles. The van der Waals surface area contributed by atoms with Crippen LogP contribution in [0.3, 0.4) is 0 Å². The zero-order chi connectivity index (χ0) is 19.6. The van der Waals surface area contributed by atoms with E-state index < -0.39 is 0 Å². The SMILES string of the molecule is O=C(Cc1[nH]cc[n+]1CC(=O)c1ccc(Cl)c(Cl)c1)c1ccc(Cl)c(Cl)c1. The van der Waals surface area contributed by atoms with Gasteiger partial charge >= 0.3 is 0 Å². The number of halogens is 4. The average Bonchev–Trinajstić information content (AvgIpc) is 3.06. The van der Waals surface area contributed by atoms with Gasteiger partial charge in [-0.05, 0) is 36.4 Å². The lowest BCUT2D eigenvalue weighted by Crippen LogP contribution is -2.40. The molecule has 3 aromatic rings. The highest BCUT2D eigenvalue weighted by molar-refractivity contribution is 6.42. The number of Topliss-reactive ketones (excluding diaryl/α,β-unsaturated/α-hetero) is 2. The third-order valence-electron chi connectivity index (χ3n) is 3.98. The number of nitrogens with zero attached hydrogens (tertiary/aromatic N) is 1. The average molecular weight is 443 g/mol. The highest BCUT2D eigenvalue weighted by atomic mass is 35.5. The monoisotopic (exact) mass is 441 g/mol. The molecule has 0 unspecified atom stereocenters. The van der Waals surface area contributed by atoms with E-state index in [0.717, 1.165) is 0 Å². The fraction of sp³-hybridized carbons (Fsp3) is 0.105. The zero-order valence-electron chi connectivity index (χ0n) is 13.8. The summed E-state index contributed by atoms with van der Waals surface area (Å²) >= 11 is 23.7. The van der Waals surface area contributed by atoms with Crippen LogP contribution in [0.25, 0.3) is 0 Å². The van der Waals surface area contributed by atoms with Crippen LogP contribution in [0, 0.1) is 0 Å². The van der Waals surface area contributed by atoms with Gasteiger partial charge in [-0.2, -0.15) is 0 Å². The summed E-state index contributed by atoms with van der Waals surface area (Å²) in [5, 5.41) is 1.40. The minimum Gasteiger partial charge on any atom is -0.293 e. The molecule has 0 aliphatic heterocycles. The van der Waals surface area contributed by atoms with Gasteiger partial charge in [0.25, 0.3) is 5.82 Å². The smallest absolute Gasteiger partial charge is 0.262 e. The molecule has 0 atom stereocenters. The summed E-state index contributed by atoms with van der Waals surface area (Å²) in [6.45, 7) is 0.0610. The molecule has 0 radical (unpaired) electrons. The maximum Gasteiger partial charge on any atom is 0.262 e. The second-order valence-electron chi connectivity index (χ2n) is 5.82. The van der Waals surface area contributed by atoms with Gasteiger partial charge in [0, 0.05) is 11.1 Å². The van der Waals surface area contributed by atoms with Crippen molar-refractivity contribution in [3.05, 3.63) is 85.8 Å². The van der Waals surface area contributed by atoms with Crippen LogP contribution in [0.5, 0.6) is 0 Å². The first-order valence-corrected chi connectivity index (χ1v) is 9.38. The van der Waals surface area contributed by atoms with E-state index >= 15 is 0 Å².